The monoisotopic (exact) mass is 223 g/mol. The summed E-state index contributed by atoms with van der Waals surface area (Å²) < 4.78 is 5.05. The molecule has 1 rings (SSSR count). The van der Waals surface area contributed by atoms with Gasteiger partial charge in [0.2, 0.25) is 0 Å². The van der Waals surface area contributed by atoms with Crippen LogP contribution in [0.1, 0.15) is 10.4 Å². The van der Waals surface area contributed by atoms with Crippen LogP contribution in [0.15, 0.2) is 30.3 Å². The van der Waals surface area contributed by atoms with E-state index in [1.807, 2.05) is 18.2 Å². The van der Waals surface area contributed by atoms with E-state index in [4.69, 9.17) is 9.84 Å². The van der Waals surface area contributed by atoms with Gasteiger partial charge in [0, 0.05) is 12.1 Å². The molecule has 0 spiro atoms. The highest BCUT2D eigenvalue weighted by Gasteiger charge is 2.02. The molecule has 0 aliphatic rings. The van der Waals surface area contributed by atoms with Crippen LogP contribution >= 0.6 is 0 Å². The normalized spacial score (nSPS) is 10.3. The minimum Gasteiger partial charge on any atom is -0.394 e. The first-order valence-electron chi connectivity index (χ1n) is 5.32. The Morgan fingerprint density at radius 3 is 2.69 bits per heavy atom. The summed E-state index contributed by atoms with van der Waals surface area (Å²) in [5.41, 5.74) is 0.714. The van der Waals surface area contributed by atoms with Crippen LogP contribution in [0.3, 0.4) is 0 Å². The summed E-state index contributed by atoms with van der Waals surface area (Å²) in [4.78, 5) is 11.6. The maximum atomic E-state index is 11.6. The van der Waals surface area contributed by atoms with E-state index in [9.17, 15) is 4.79 Å². The van der Waals surface area contributed by atoms with Gasteiger partial charge in [-0.25, -0.2) is 0 Å². The van der Waals surface area contributed by atoms with Gasteiger partial charge in [-0.15, -0.1) is 0 Å². The zero-order chi connectivity index (χ0) is 11.6. The predicted molar refractivity (Wildman–Crippen MR) is 61.5 cm³/mol. The number of aliphatic hydroxyl groups excluding tert-OH is 1. The van der Waals surface area contributed by atoms with Crippen molar-refractivity contribution in [3.63, 3.8) is 0 Å². The first kappa shape index (κ1) is 12.8. The van der Waals surface area contributed by atoms with Gasteiger partial charge in [-0.1, -0.05) is 30.3 Å². The van der Waals surface area contributed by atoms with Gasteiger partial charge in [-0.3, -0.25) is 4.79 Å². The number of Topliss-reactive ketones (excluding diaryl/α,β-unsaturated/α-hetero) is 1. The Morgan fingerprint density at radius 1 is 1.25 bits per heavy atom. The molecule has 0 bridgehead atoms. The second kappa shape index (κ2) is 7.98. The fraction of sp³-hybridized carbons (Fsp3) is 0.417. The number of aliphatic hydroxyl groups is 1. The van der Waals surface area contributed by atoms with Crippen molar-refractivity contribution in [2.45, 2.75) is 0 Å². The first-order valence-corrected chi connectivity index (χ1v) is 5.32. The van der Waals surface area contributed by atoms with Crippen LogP contribution in [0, 0.1) is 0 Å². The van der Waals surface area contributed by atoms with Crippen LogP contribution in [-0.4, -0.2) is 43.8 Å². The highest BCUT2D eigenvalue weighted by Crippen LogP contribution is 1.98. The van der Waals surface area contributed by atoms with E-state index in [0.29, 0.717) is 31.9 Å². The van der Waals surface area contributed by atoms with Gasteiger partial charge in [0.1, 0.15) is 0 Å². The SMILES string of the molecule is O=C(CNCCOCCO)c1ccccc1. The number of ketones is 1. The lowest BCUT2D eigenvalue weighted by atomic mass is 10.1. The Hall–Kier alpha value is -1.23. The van der Waals surface area contributed by atoms with Crippen LogP contribution < -0.4 is 5.32 Å². The molecule has 0 amide bonds. The van der Waals surface area contributed by atoms with Crippen LogP contribution in [0.25, 0.3) is 0 Å². The van der Waals surface area contributed by atoms with E-state index < -0.39 is 0 Å². The molecule has 0 heterocycles. The molecule has 0 aromatic heterocycles. The average Bonchev–Trinajstić information content (AvgIpc) is 2.34. The number of hydrogen-bond donors (Lipinski definition) is 2. The van der Waals surface area contributed by atoms with Gasteiger partial charge in [-0.05, 0) is 0 Å². The molecular weight excluding hydrogens is 206 g/mol. The standard InChI is InChI=1S/C12H17NO3/c14-7-9-16-8-6-13-10-12(15)11-4-2-1-3-5-11/h1-5,13-14H,6-10H2. The number of rotatable bonds is 8. The lowest BCUT2D eigenvalue weighted by Gasteiger charge is -2.04. The van der Waals surface area contributed by atoms with Gasteiger partial charge in [0.15, 0.2) is 5.78 Å². The molecule has 0 saturated heterocycles. The molecule has 0 radical (unpaired) electrons. The molecule has 16 heavy (non-hydrogen) atoms. The molecule has 4 nitrogen and oxygen atoms in total. The topological polar surface area (TPSA) is 58.6 Å². The third kappa shape index (κ3) is 5.02. The average molecular weight is 223 g/mol. The molecule has 0 aliphatic heterocycles. The lowest BCUT2D eigenvalue weighted by Crippen LogP contribution is -2.26. The summed E-state index contributed by atoms with van der Waals surface area (Å²) in [5, 5.41) is 11.4. The number of carbonyl (C=O) groups excluding carboxylic acids is 1. The van der Waals surface area contributed by atoms with E-state index >= 15 is 0 Å². The Bertz CT molecular complexity index is 300. The molecule has 0 aliphatic carbocycles. The van der Waals surface area contributed by atoms with Gasteiger partial charge in [0.05, 0.1) is 26.4 Å². The van der Waals surface area contributed by atoms with E-state index in [2.05, 4.69) is 5.32 Å². The molecule has 88 valence electrons. The molecule has 0 fully saturated rings. The summed E-state index contributed by atoms with van der Waals surface area (Å²) in [6, 6.07) is 9.17. The quantitative estimate of drug-likeness (QED) is 0.497. The lowest BCUT2D eigenvalue weighted by molar-refractivity contribution is 0.0906. The summed E-state index contributed by atoms with van der Waals surface area (Å²) in [5.74, 6) is 0.0720. The van der Waals surface area contributed by atoms with Crippen LogP contribution in [-0.2, 0) is 4.74 Å². The number of nitrogens with one attached hydrogen (secondary N) is 1. The zero-order valence-electron chi connectivity index (χ0n) is 9.19. The molecule has 1 aromatic rings. The molecule has 2 N–H and O–H groups in total. The Balaban J connectivity index is 2.12. The van der Waals surface area contributed by atoms with E-state index in [-0.39, 0.29) is 12.4 Å². The highest BCUT2D eigenvalue weighted by molar-refractivity contribution is 5.97. The summed E-state index contributed by atoms with van der Waals surface area (Å²) in [6.45, 7) is 1.80. The van der Waals surface area contributed by atoms with Gasteiger partial charge in [-0.2, -0.15) is 0 Å². The number of ether oxygens (including phenoxy) is 1. The predicted octanol–water partition coefficient (Wildman–Crippen LogP) is 0.468. The van der Waals surface area contributed by atoms with Crippen LogP contribution in [0.2, 0.25) is 0 Å². The van der Waals surface area contributed by atoms with Gasteiger partial charge < -0.3 is 15.2 Å². The van der Waals surface area contributed by atoms with Crippen molar-refractivity contribution in [3.8, 4) is 0 Å². The van der Waals surface area contributed by atoms with Gasteiger partial charge in [0.25, 0.3) is 0 Å². The highest BCUT2D eigenvalue weighted by atomic mass is 16.5. The third-order valence-electron chi connectivity index (χ3n) is 2.04. The Kier molecular flexibility index (Phi) is 6.41. The third-order valence-corrected chi connectivity index (χ3v) is 2.04. The summed E-state index contributed by atoms with van der Waals surface area (Å²) in [7, 11) is 0. The van der Waals surface area contributed by atoms with Gasteiger partial charge >= 0.3 is 0 Å². The molecule has 0 saturated carbocycles. The Morgan fingerprint density at radius 2 is 2.00 bits per heavy atom. The fourth-order valence-electron chi connectivity index (χ4n) is 1.24. The molecule has 0 unspecified atom stereocenters. The molecule has 0 atom stereocenters. The van der Waals surface area contributed by atoms with Crippen molar-refractivity contribution in [1.29, 1.82) is 0 Å². The van der Waals surface area contributed by atoms with Crippen molar-refractivity contribution < 1.29 is 14.6 Å². The minimum absolute atomic E-state index is 0.0307. The smallest absolute Gasteiger partial charge is 0.176 e. The number of benzene rings is 1. The summed E-state index contributed by atoms with van der Waals surface area (Å²) in [6.07, 6.45) is 0. The second-order valence-corrected chi connectivity index (χ2v) is 3.30. The Labute approximate surface area is 95.2 Å². The van der Waals surface area contributed by atoms with Crippen molar-refractivity contribution >= 4 is 5.78 Å². The van der Waals surface area contributed by atoms with Crippen molar-refractivity contribution in [1.82, 2.24) is 5.32 Å². The van der Waals surface area contributed by atoms with E-state index in [1.54, 1.807) is 12.1 Å². The zero-order valence-corrected chi connectivity index (χ0v) is 9.19. The first-order chi connectivity index (χ1) is 7.84. The van der Waals surface area contributed by atoms with Crippen molar-refractivity contribution in [3.05, 3.63) is 35.9 Å². The van der Waals surface area contributed by atoms with E-state index in [1.165, 1.54) is 0 Å². The second-order valence-electron chi connectivity index (χ2n) is 3.30. The number of carbonyl (C=O) groups is 1. The fourth-order valence-corrected chi connectivity index (χ4v) is 1.24. The van der Waals surface area contributed by atoms with Crippen LogP contribution in [0.4, 0.5) is 0 Å². The molecular formula is C12H17NO3. The van der Waals surface area contributed by atoms with Crippen molar-refractivity contribution in [2.75, 3.05) is 32.9 Å². The molecule has 4 heteroatoms. The number of hydrogen-bond acceptors (Lipinski definition) is 4. The van der Waals surface area contributed by atoms with Crippen LogP contribution in [0.5, 0.6) is 0 Å². The van der Waals surface area contributed by atoms with Crippen molar-refractivity contribution in [2.24, 2.45) is 0 Å². The largest absolute Gasteiger partial charge is 0.394 e. The molecule has 1 aromatic carbocycles. The minimum atomic E-state index is 0.0307. The summed E-state index contributed by atoms with van der Waals surface area (Å²) >= 11 is 0. The maximum absolute atomic E-state index is 11.6. The maximum Gasteiger partial charge on any atom is 0.176 e. The van der Waals surface area contributed by atoms with E-state index in [0.717, 1.165) is 0 Å².